The second-order valence-corrected chi connectivity index (χ2v) is 4.89. The summed E-state index contributed by atoms with van der Waals surface area (Å²) >= 11 is 0. The molecule has 4 nitrogen and oxygen atoms in total. The molecule has 104 valence electrons. The van der Waals surface area contributed by atoms with Crippen LogP contribution in [0.3, 0.4) is 0 Å². The Morgan fingerprint density at radius 1 is 1.42 bits per heavy atom. The van der Waals surface area contributed by atoms with Gasteiger partial charge in [0, 0.05) is 32.7 Å². The van der Waals surface area contributed by atoms with E-state index in [9.17, 15) is 9.18 Å². The molecule has 0 radical (unpaired) electrons. The maximum absolute atomic E-state index is 13.3. The van der Waals surface area contributed by atoms with Crippen LogP contribution >= 0.6 is 0 Å². The first kappa shape index (κ1) is 14.0. The highest BCUT2D eigenvalue weighted by Gasteiger charge is 2.13. The van der Waals surface area contributed by atoms with Crippen molar-refractivity contribution < 1.29 is 9.18 Å². The molecular weight excluding hydrogens is 245 g/mol. The predicted octanol–water partition coefficient (Wildman–Crippen LogP) is 0.656. The van der Waals surface area contributed by atoms with Gasteiger partial charge in [-0.1, -0.05) is 12.1 Å². The Kier molecular flexibility index (Phi) is 4.87. The van der Waals surface area contributed by atoms with Crippen LogP contribution in [-0.4, -0.2) is 43.5 Å². The molecule has 1 heterocycles. The molecule has 1 saturated heterocycles. The Labute approximate surface area is 113 Å². The molecule has 1 aromatic rings. The number of benzene rings is 1. The Morgan fingerprint density at radius 3 is 2.84 bits per heavy atom. The number of hydrogen-bond donors (Lipinski definition) is 2. The van der Waals surface area contributed by atoms with E-state index in [0.717, 1.165) is 31.7 Å². The molecule has 0 atom stereocenters. The van der Waals surface area contributed by atoms with Gasteiger partial charge in [0.05, 0.1) is 6.54 Å². The second kappa shape index (κ2) is 6.63. The topological polar surface area (TPSA) is 44.4 Å². The smallest absolute Gasteiger partial charge is 0.234 e. The van der Waals surface area contributed by atoms with E-state index in [1.54, 1.807) is 13.0 Å². The van der Waals surface area contributed by atoms with Crippen molar-refractivity contribution in [2.45, 2.75) is 13.5 Å². The molecule has 1 aliphatic rings. The summed E-state index contributed by atoms with van der Waals surface area (Å²) in [5, 5.41) is 6.07. The van der Waals surface area contributed by atoms with Crippen LogP contribution in [-0.2, 0) is 11.3 Å². The fourth-order valence-corrected chi connectivity index (χ4v) is 2.08. The first-order chi connectivity index (χ1) is 9.15. The van der Waals surface area contributed by atoms with Crippen molar-refractivity contribution in [1.82, 2.24) is 15.5 Å². The van der Waals surface area contributed by atoms with Crippen molar-refractivity contribution in [2.24, 2.45) is 0 Å². The van der Waals surface area contributed by atoms with Crippen LogP contribution in [0.1, 0.15) is 11.1 Å². The summed E-state index contributed by atoms with van der Waals surface area (Å²) in [4.78, 5) is 13.9. The van der Waals surface area contributed by atoms with E-state index in [1.807, 2.05) is 6.07 Å². The van der Waals surface area contributed by atoms with Crippen LogP contribution in [0.25, 0.3) is 0 Å². The summed E-state index contributed by atoms with van der Waals surface area (Å²) in [5.41, 5.74) is 1.41. The average Bonchev–Trinajstić information content (AvgIpc) is 2.41. The number of carbonyl (C=O) groups excluding carboxylic acids is 1. The molecule has 1 aliphatic heterocycles. The lowest BCUT2D eigenvalue weighted by Crippen LogP contribution is -2.47. The number of amides is 1. The molecule has 1 aromatic carbocycles. The van der Waals surface area contributed by atoms with Crippen molar-refractivity contribution in [2.75, 3.05) is 32.7 Å². The Balaban J connectivity index is 1.77. The van der Waals surface area contributed by atoms with E-state index < -0.39 is 0 Å². The van der Waals surface area contributed by atoms with Crippen molar-refractivity contribution in [1.29, 1.82) is 0 Å². The lowest BCUT2D eigenvalue weighted by atomic mass is 10.1. The molecule has 2 N–H and O–H groups in total. The van der Waals surface area contributed by atoms with Gasteiger partial charge in [-0.25, -0.2) is 4.39 Å². The number of carbonyl (C=O) groups is 1. The molecule has 0 spiro atoms. The number of halogens is 1. The number of nitrogens with one attached hydrogen (secondary N) is 2. The van der Waals surface area contributed by atoms with E-state index in [0.29, 0.717) is 18.7 Å². The third kappa shape index (κ3) is 4.29. The van der Waals surface area contributed by atoms with Gasteiger partial charge in [-0.05, 0) is 24.1 Å². The van der Waals surface area contributed by atoms with E-state index >= 15 is 0 Å². The Morgan fingerprint density at radius 2 is 2.16 bits per heavy atom. The van der Waals surface area contributed by atoms with Gasteiger partial charge in [0.1, 0.15) is 5.82 Å². The molecule has 0 unspecified atom stereocenters. The number of piperazine rings is 1. The standard InChI is InChI=1S/C14H20FN3O/c1-11-2-3-12(8-13(11)15)9-17-14(19)10-18-6-4-16-5-7-18/h2-3,8,16H,4-7,9-10H2,1H3,(H,17,19). The minimum atomic E-state index is -0.228. The minimum Gasteiger partial charge on any atom is -0.351 e. The zero-order chi connectivity index (χ0) is 13.7. The van der Waals surface area contributed by atoms with Crippen LogP contribution in [0, 0.1) is 12.7 Å². The van der Waals surface area contributed by atoms with Crippen LogP contribution < -0.4 is 10.6 Å². The largest absolute Gasteiger partial charge is 0.351 e. The van der Waals surface area contributed by atoms with Crippen LogP contribution in [0.2, 0.25) is 0 Å². The van der Waals surface area contributed by atoms with E-state index in [2.05, 4.69) is 15.5 Å². The lowest BCUT2D eigenvalue weighted by Gasteiger charge is -2.26. The zero-order valence-electron chi connectivity index (χ0n) is 11.2. The number of rotatable bonds is 4. The molecule has 19 heavy (non-hydrogen) atoms. The number of aryl methyl sites for hydroxylation is 1. The quantitative estimate of drug-likeness (QED) is 0.840. The molecule has 1 amide bonds. The summed E-state index contributed by atoms with van der Waals surface area (Å²) in [5.74, 6) is -0.239. The van der Waals surface area contributed by atoms with Gasteiger partial charge in [-0.15, -0.1) is 0 Å². The highest BCUT2D eigenvalue weighted by Crippen LogP contribution is 2.08. The highest BCUT2D eigenvalue weighted by atomic mass is 19.1. The van der Waals surface area contributed by atoms with Crippen molar-refractivity contribution in [3.63, 3.8) is 0 Å². The van der Waals surface area contributed by atoms with E-state index in [4.69, 9.17) is 0 Å². The summed E-state index contributed by atoms with van der Waals surface area (Å²) in [6, 6.07) is 5.04. The molecule has 1 fully saturated rings. The monoisotopic (exact) mass is 265 g/mol. The van der Waals surface area contributed by atoms with Crippen molar-refractivity contribution >= 4 is 5.91 Å². The normalized spacial score (nSPS) is 16.3. The Bertz CT molecular complexity index is 444. The summed E-state index contributed by atoms with van der Waals surface area (Å²) in [6.07, 6.45) is 0. The SMILES string of the molecule is Cc1ccc(CNC(=O)CN2CCNCC2)cc1F. The first-order valence-electron chi connectivity index (χ1n) is 6.60. The van der Waals surface area contributed by atoms with Gasteiger partial charge < -0.3 is 10.6 Å². The molecule has 2 rings (SSSR count). The third-order valence-electron chi connectivity index (χ3n) is 3.30. The van der Waals surface area contributed by atoms with Crippen LogP contribution in [0.15, 0.2) is 18.2 Å². The maximum Gasteiger partial charge on any atom is 0.234 e. The third-order valence-corrected chi connectivity index (χ3v) is 3.30. The Hall–Kier alpha value is -1.46. The van der Waals surface area contributed by atoms with Gasteiger partial charge in [0.15, 0.2) is 0 Å². The van der Waals surface area contributed by atoms with Gasteiger partial charge in [-0.2, -0.15) is 0 Å². The van der Waals surface area contributed by atoms with Crippen molar-refractivity contribution in [3.8, 4) is 0 Å². The fraction of sp³-hybridized carbons (Fsp3) is 0.500. The summed E-state index contributed by atoms with van der Waals surface area (Å²) < 4.78 is 13.3. The van der Waals surface area contributed by atoms with Gasteiger partial charge in [-0.3, -0.25) is 9.69 Å². The first-order valence-corrected chi connectivity index (χ1v) is 6.60. The number of nitrogens with zero attached hydrogens (tertiary/aromatic N) is 1. The minimum absolute atomic E-state index is 0.0112. The van der Waals surface area contributed by atoms with Crippen LogP contribution in [0.4, 0.5) is 4.39 Å². The molecule has 0 aliphatic carbocycles. The van der Waals surface area contributed by atoms with E-state index in [1.165, 1.54) is 6.07 Å². The highest BCUT2D eigenvalue weighted by molar-refractivity contribution is 5.78. The fourth-order valence-electron chi connectivity index (χ4n) is 2.08. The zero-order valence-corrected chi connectivity index (χ0v) is 11.2. The van der Waals surface area contributed by atoms with E-state index in [-0.39, 0.29) is 11.7 Å². The maximum atomic E-state index is 13.3. The lowest BCUT2D eigenvalue weighted by molar-refractivity contribution is -0.122. The number of hydrogen-bond acceptors (Lipinski definition) is 3. The van der Waals surface area contributed by atoms with Gasteiger partial charge >= 0.3 is 0 Å². The van der Waals surface area contributed by atoms with Crippen molar-refractivity contribution in [3.05, 3.63) is 35.1 Å². The predicted molar refractivity (Wildman–Crippen MR) is 72.3 cm³/mol. The molecule has 0 aromatic heterocycles. The van der Waals surface area contributed by atoms with Gasteiger partial charge in [0.25, 0.3) is 0 Å². The molecule has 5 heteroatoms. The average molecular weight is 265 g/mol. The molecule has 0 bridgehead atoms. The summed E-state index contributed by atoms with van der Waals surface area (Å²) in [6.45, 7) is 6.16. The molecule has 0 saturated carbocycles. The summed E-state index contributed by atoms with van der Waals surface area (Å²) in [7, 11) is 0. The second-order valence-electron chi connectivity index (χ2n) is 4.89. The molecular formula is C14H20FN3O. The van der Waals surface area contributed by atoms with Gasteiger partial charge in [0.2, 0.25) is 5.91 Å². The van der Waals surface area contributed by atoms with Crippen LogP contribution in [0.5, 0.6) is 0 Å².